The Morgan fingerprint density at radius 1 is 0.969 bits per heavy atom. The van der Waals surface area contributed by atoms with Crippen LogP contribution in [-0.4, -0.2) is 91.8 Å². The summed E-state index contributed by atoms with van der Waals surface area (Å²) in [6.45, 7) is 14.3. The van der Waals surface area contributed by atoms with Crippen molar-refractivity contribution in [1.82, 2.24) is 20.0 Å². The standard InChI is InChI=1S/C24H45N5O2.HI/c1-24(2,3)31-23(30)29-15-8-9-20(18-29)10-12-26-22(25-4)28-16-11-21(19-28)17-27-13-6-5-7-14-27;/h20-21H,5-19H2,1-4H3,(H,25,26);1H. The molecule has 3 rings (SSSR count). The first-order valence-electron chi connectivity index (χ1n) is 12.5. The van der Waals surface area contributed by atoms with E-state index in [4.69, 9.17) is 4.74 Å². The number of ether oxygens (including phenoxy) is 1. The third-order valence-electron chi connectivity index (χ3n) is 6.77. The van der Waals surface area contributed by atoms with E-state index in [1.165, 1.54) is 51.7 Å². The van der Waals surface area contributed by atoms with Gasteiger partial charge in [0, 0.05) is 46.3 Å². The summed E-state index contributed by atoms with van der Waals surface area (Å²) in [4.78, 5) is 23.9. The van der Waals surface area contributed by atoms with Crippen molar-refractivity contribution in [3.05, 3.63) is 0 Å². The van der Waals surface area contributed by atoms with Crippen LogP contribution in [0.25, 0.3) is 0 Å². The van der Waals surface area contributed by atoms with Gasteiger partial charge in [0.1, 0.15) is 5.60 Å². The Hall–Kier alpha value is -0.770. The van der Waals surface area contributed by atoms with Crippen LogP contribution >= 0.6 is 24.0 Å². The van der Waals surface area contributed by atoms with Gasteiger partial charge in [0.15, 0.2) is 5.96 Å². The second-order valence-electron chi connectivity index (χ2n) is 10.7. The fraction of sp³-hybridized carbons (Fsp3) is 0.917. The molecular weight excluding hydrogens is 517 g/mol. The summed E-state index contributed by atoms with van der Waals surface area (Å²) in [5, 5.41) is 3.59. The first kappa shape index (κ1) is 27.5. The Balaban J connectivity index is 0.00000363. The lowest BCUT2D eigenvalue weighted by atomic mass is 9.95. The zero-order chi connectivity index (χ0) is 22.3. The number of amides is 1. The zero-order valence-electron chi connectivity index (χ0n) is 20.8. The van der Waals surface area contributed by atoms with Gasteiger partial charge >= 0.3 is 6.09 Å². The number of nitrogens with one attached hydrogen (secondary N) is 1. The van der Waals surface area contributed by atoms with Gasteiger partial charge < -0.3 is 24.8 Å². The van der Waals surface area contributed by atoms with Crippen molar-refractivity contribution >= 4 is 36.0 Å². The zero-order valence-corrected chi connectivity index (χ0v) is 23.1. The van der Waals surface area contributed by atoms with E-state index in [1.807, 2.05) is 32.7 Å². The summed E-state index contributed by atoms with van der Waals surface area (Å²) in [5.74, 6) is 2.33. The van der Waals surface area contributed by atoms with Gasteiger partial charge in [0.25, 0.3) is 0 Å². The summed E-state index contributed by atoms with van der Waals surface area (Å²) in [6.07, 6.45) is 8.54. The van der Waals surface area contributed by atoms with Crippen LogP contribution in [0.3, 0.4) is 0 Å². The van der Waals surface area contributed by atoms with Gasteiger partial charge in [-0.3, -0.25) is 4.99 Å². The van der Waals surface area contributed by atoms with Gasteiger partial charge in [-0.2, -0.15) is 0 Å². The van der Waals surface area contributed by atoms with Gasteiger partial charge in [-0.1, -0.05) is 6.42 Å². The Labute approximate surface area is 212 Å². The second kappa shape index (κ2) is 13.2. The molecule has 0 aliphatic carbocycles. The highest BCUT2D eigenvalue weighted by Gasteiger charge is 2.29. The Morgan fingerprint density at radius 2 is 1.69 bits per heavy atom. The number of likely N-dealkylation sites (tertiary alicyclic amines) is 3. The molecular formula is C24H46IN5O2. The molecule has 0 aromatic rings. The molecule has 0 radical (unpaired) electrons. The van der Waals surface area contributed by atoms with E-state index in [0.717, 1.165) is 57.4 Å². The minimum atomic E-state index is -0.431. The normalized spacial score (nSPS) is 25.4. The number of rotatable bonds is 5. The lowest BCUT2D eigenvalue weighted by molar-refractivity contribution is 0.0162. The van der Waals surface area contributed by atoms with Crippen molar-refractivity contribution in [2.45, 2.75) is 71.3 Å². The summed E-state index contributed by atoms with van der Waals surface area (Å²) in [6, 6.07) is 0. The highest BCUT2D eigenvalue weighted by Crippen LogP contribution is 2.22. The van der Waals surface area contributed by atoms with E-state index in [0.29, 0.717) is 5.92 Å². The maximum atomic E-state index is 12.4. The second-order valence-corrected chi connectivity index (χ2v) is 10.7. The SMILES string of the molecule is CN=C(NCCC1CCCN(C(=O)OC(C)(C)C)C1)N1CCC(CN2CCCCC2)C1.I. The molecule has 3 aliphatic rings. The third-order valence-corrected chi connectivity index (χ3v) is 6.77. The number of hydrogen-bond acceptors (Lipinski definition) is 4. The summed E-state index contributed by atoms with van der Waals surface area (Å²) >= 11 is 0. The largest absolute Gasteiger partial charge is 0.444 e. The van der Waals surface area contributed by atoms with Gasteiger partial charge in [-0.15, -0.1) is 24.0 Å². The number of hydrogen-bond donors (Lipinski definition) is 1. The molecule has 1 N–H and O–H groups in total. The summed E-state index contributed by atoms with van der Waals surface area (Å²) in [7, 11) is 1.89. The molecule has 1 amide bonds. The lowest BCUT2D eigenvalue weighted by Gasteiger charge is -2.34. The number of carbonyl (C=O) groups excluding carboxylic acids is 1. The maximum Gasteiger partial charge on any atom is 0.410 e. The fourth-order valence-electron chi connectivity index (χ4n) is 5.19. The van der Waals surface area contributed by atoms with Crippen LogP contribution in [0.5, 0.6) is 0 Å². The molecule has 3 aliphatic heterocycles. The average molecular weight is 564 g/mol. The Bertz CT molecular complexity index is 604. The van der Waals surface area contributed by atoms with Crippen molar-refractivity contribution in [2.75, 3.05) is 59.4 Å². The molecule has 2 unspecified atom stereocenters. The van der Waals surface area contributed by atoms with Crippen LogP contribution in [0.1, 0.15) is 65.7 Å². The van der Waals surface area contributed by atoms with Gasteiger partial charge in [0.05, 0.1) is 0 Å². The highest BCUT2D eigenvalue weighted by molar-refractivity contribution is 14.0. The van der Waals surface area contributed by atoms with Crippen molar-refractivity contribution in [2.24, 2.45) is 16.8 Å². The molecule has 3 fully saturated rings. The third kappa shape index (κ3) is 8.88. The number of guanidine groups is 1. The van der Waals surface area contributed by atoms with Crippen molar-refractivity contribution in [3.8, 4) is 0 Å². The van der Waals surface area contributed by atoms with E-state index in [-0.39, 0.29) is 30.1 Å². The Morgan fingerprint density at radius 3 is 2.38 bits per heavy atom. The van der Waals surface area contributed by atoms with E-state index >= 15 is 0 Å². The smallest absolute Gasteiger partial charge is 0.410 e. The van der Waals surface area contributed by atoms with Gasteiger partial charge in [-0.25, -0.2) is 4.79 Å². The molecule has 32 heavy (non-hydrogen) atoms. The molecule has 3 heterocycles. The summed E-state index contributed by atoms with van der Waals surface area (Å²) < 4.78 is 5.56. The molecule has 0 aromatic carbocycles. The number of piperidine rings is 2. The predicted octanol–water partition coefficient (Wildman–Crippen LogP) is 4.02. The monoisotopic (exact) mass is 563 g/mol. The minimum absolute atomic E-state index is 0. The quantitative estimate of drug-likeness (QED) is 0.311. The van der Waals surface area contributed by atoms with Gasteiger partial charge in [-0.05, 0) is 84.2 Å². The average Bonchev–Trinajstić information content (AvgIpc) is 3.19. The van der Waals surface area contributed by atoms with Crippen molar-refractivity contribution in [1.29, 1.82) is 0 Å². The van der Waals surface area contributed by atoms with Crippen molar-refractivity contribution in [3.63, 3.8) is 0 Å². The van der Waals surface area contributed by atoms with E-state index < -0.39 is 5.60 Å². The first-order chi connectivity index (χ1) is 14.8. The van der Waals surface area contributed by atoms with Crippen LogP contribution in [0, 0.1) is 11.8 Å². The predicted molar refractivity (Wildman–Crippen MR) is 142 cm³/mol. The first-order valence-corrected chi connectivity index (χ1v) is 12.5. The van der Waals surface area contributed by atoms with E-state index in [9.17, 15) is 4.79 Å². The van der Waals surface area contributed by atoms with Crippen LogP contribution in [0.15, 0.2) is 4.99 Å². The maximum absolute atomic E-state index is 12.4. The molecule has 0 aromatic heterocycles. The van der Waals surface area contributed by atoms with E-state index in [2.05, 4.69) is 20.1 Å². The molecule has 0 bridgehead atoms. The lowest BCUT2D eigenvalue weighted by Crippen LogP contribution is -2.44. The molecule has 2 atom stereocenters. The minimum Gasteiger partial charge on any atom is -0.444 e. The van der Waals surface area contributed by atoms with E-state index in [1.54, 1.807) is 0 Å². The molecule has 3 saturated heterocycles. The van der Waals surface area contributed by atoms with Crippen LogP contribution in [0.2, 0.25) is 0 Å². The number of carbonyl (C=O) groups is 1. The topological polar surface area (TPSA) is 60.4 Å². The van der Waals surface area contributed by atoms with Crippen LogP contribution in [-0.2, 0) is 4.74 Å². The highest BCUT2D eigenvalue weighted by atomic mass is 127. The van der Waals surface area contributed by atoms with Crippen molar-refractivity contribution < 1.29 is 9.53 Å². The van der Waals surface area contributed by atoms with Crippen LogP contribution < -0.4 is 5.32 Å². The molecule has 7 nitrogen and oxygen atoms in total. The number of halogens is 1. The van der Waals surface area contributed by atoms with Gasteiger partial charge in [0.2, 0.25) is 0 Å². The number of nitrogens with zero attached hydrogens (tertiary/aromatic N) is 4. The Kier molecular flexibility index (Phi) is 11.3. The molecule has 186 valence electrons. The summed E-state index contributed by atoms with van der Waals surface area (Å²) in [5.41, 5.74) is -0.431. The molecule has 8 heteroatoms. The van der Waals surface area contributed by atoms with Crippen LogP contribution in [0.4, 0.5) is 4.79 Å². The molecule has 0 spiro atoms. The fourth-order valence-corrected chi connectivity index (χ4v) is 5.19. The molecule has 0 saturated carbocycles. The number of aliphatic imine (C=N–C) groups is 1.